The Bertz CT molecular complexity index is 664. The molecule has 0 spiro atoms. The van der Waals surface area contributed by atoms with Crippen LogP contribution in [0.5, 0.6) is 0 Å². The average Bonchev–Trinajstić information content (AvgIpc) is 3.04. The summed E-state index contributed by atoms with van der Waals surface area (Å²) in [5.74, 6) is -0.884. The van der Waals surface area contributed by atoms with Crippen LogP contribution < -0.4 is 5.32 Å². The van der Waals surface area contributed by atoms with Crippen LogP contribution in [-0.2, 0) is 13.5 Å². The summed E-state index contributed by atoms with van der Waals surface area (Å²) in [6.07, 6.45) is 14.7. The zero-order valence-electron chi connectivity index (χ0n) is 16.6. The molecule has 0 radical (unpaired) electrons. The molecular formula is C23H34N2O2. The van der Waals surface area contributed by atoms with Crippen molar-refractivity contribution >= 4 is 11.7 Å². The largest absolute Gasteiger partial charge is 0.477 e. The summed E-state index contributed by atoms with van der Waals surface area (Å²) in [6.45, 7) is 0.905. The highest BCUT2D eigenvalue weighted by Crippen LogP contribution is 2.14. The summed E-state index contributed by atoms with van der Waals surface area (Å²) >= 11 is 0. The Morgan fingerprint density at radius 2 is 1.52 bits per heavy atom. The molecule has 0 saturated heterocycles. The maximum absolute atomic E-state index is 11.0. The van der Waals surface area contributed by atoms with Gasteiger partial charge in [-0.2, -0.15) is 0 Å². The van der Waals surface area contributed by atoms with Gasteiger partial charge in [0.15, 0.2) is 0 Å². The topological polar surface area (TPSA) is 54.3 Å². The minimum Gasteiger partial charge on any atom is -0.477 e. The van der Waals surface area contributed by atoms with Crippen molar-refractivity contribution in [2.75, 3.05) is 11.9 Å². The third-order valence-electron chi connectivity index (χ3n) is 5.04. The molecule has 1 aromatic heterocycles. The fourth-order valence-electron chi connectivity index (χ4n) is 3.44. The fourth-order valence-corrected chi connectivity index (χ4v) is 3.44. The van der Waals surface area contributed by atoms with Crippen LogP contribution in [0.3, 0.4) is 0 Å². The number of nitrogens with one attached hydrogen (secondary N) is 1. The first-order valence-corrected chi connectivity index (χ1v) is 10.3. The zero-order valence-corrected chi connectivity index (χ0v) is 16.6. The molecule has 148 valence electrons. The lowest BCUT2D eigenvalue weighted by Crippen LogP contribution is -2.02. The van der Waals surface area contributed by atoms with Crippen molar-refractivity contribution in [2.24, 2.45) is 7.05 Å². The van der Waals surface area contributed by atoms with Crippen molar-refractivity contribution in [2.45, 2.75) is 64.2 Å². The van der Waals surface area contributed by atoms with Crippen LogP contribution in [-0.4, -0.2) is 22.2 Å². The summed E-state index contributed by atoms with van der Waals surface area (Å²) in [4.78, 5) is 11.0. The van der Waals surface area contributed by atoms with Gasteiger partial charge in [0.2, 0.25) is 0 Å². The Morgan fingerprint density at radius 1 is 0.926 bits per heavy atom. The number of anilines is 1. The second-order valence-electron chi connectivity index (χ2n) is 7.37. The number of carboxylic acid groups (broad SMARTS) is 1. The van der Waals surface area contributed by atoms with E-state index >= 15 is 0 Å². The Morgan fingerprint density at radius 3 is 2.11 bits per heavy atom. The molecule has 4 nitrogen and oxygen atoms in total. The van der Waals surface area contributed by atoms with Gasteiger partial charge in [0.25, 0.3) is 0 Å². The van der Waals surface area contributed by atoms with E-state index in [0.717, 1.165) is 18.7 Å². The average molecular weight is 371 g/mol. The number of aromatic carboxylic acids is 1. The molecule has 0 saturated carbocycles. The highest BCUT2D eigenvalue weighted by Gasteiger charge is 2.09. The Labute approximate surface area is 163 Å². The lowest BCUT2D eigenvalue weighted by molar-refractivity contribution is 0.0686. The summed E-state index contributed by atoms with van der Waals surface area (Å²) in [6, 6.07) is 12.5. The summed E-state index contributed by atoms with van der Waals surface area (Å²) < 4.78 is 1.64. The number of hydrogen-bond donors (Lipinski definition) is 2. The molecule has 0 aliphatic carbocycles. The fraction of sp³-hybridized carbons (Fsp3) is 0.522. The molecule has 27 heavy (non-hydrogen) atoms. The van der Waals surface area contributed by atoms with Crippen molar-refractivity contribution in [3.05, 3.63) is 53.9 Å². The molecule has 0 aliphatic heterocycles. The van der Waals surface area contributed by atoms with Gasteiger partial charge < -0.3 is 15.0 Å². The van der Waals surface area contributed by atoms with Gasteiger partial charge in [0, 0.05) is 19.8 Å². The molecule has 4 heteroatoms. The second-order valence-corrected chi connectivity index (χ2v) is 7.37. The van der Waals surface area contributed by atoms with Crippen LogP contribution >= 0.6 is 0 Å². The van der Waals surface area contributed by atoms with Gasteiger partial charge in [0.1, 0.15) is 5.69 Å². The molecule has 2 N–H and O–H groups in total. The minimum absolute atomic E-state index is 0.321. The molecule has 2 rings (SSSR count). The number of carboxylic acids is 1. The van der Waals surface area contributed by atoms with E-state index in [9.17, 15) is 4.79 Å². The Kier molecular flexibility index (Phi) is 9.53. The second kappa shape index (κ2) is 12.2. The number of aryl methyl sites for hydroxylation is 2. The number of benzene rings is 1. The van der Waals surface area contributed by atoms with Crippen LogP contribution in [0.25, 0.3) is 0 Å². The van der Waals surface area contributed by atoms with Gasteiger partial charge in [-0.25, -0.2) is 4.79 Å². The Hall–Kier alpha value is -2.23. The third-order valence-corrected chi connectivity index (χ3v) is 5.04. The molecule has 1 heterocycles. The number of nitrogens with zero attached hydrogens (tertiary/aromatic N) is 1. The van der Waals surface area contributed by atoms with Gasteiger partial charge >= 0.3 is 5.97 Å². The van der Waals surface area contributed by atoms with Gasteiger partial charge in [-0.15, -0.1) is 0 Å². The van der Waals surface area contributed by atoms with Gasteiger partial charge in [-0.3, -0.25) is 0 Å². The summed E-state index contributed by atoms with van der Waals surface area (Å²) in [7, 11) is 1.76. The molecule has 0 amide bonds. The zero-order chi connectivity index (χ0) is 19.3. The first-order chi connectivity index (χ1) is 13.2. The molecule has 0 atom stereocenters. The molecule has 0 aliphatic rings. The van der Waals surface area contributed by atoms with Gasteiger partial charge in [0.05, 0.1) is 5.69 Å². The number of carbonyl (C=O) groups is 1. The van der Waals surface area contributed by atoms with E-state index in [1.165, 1.54) is 63.4 Å². The third kappa shape index (κ3) is 8.33. The van der Waals surface area contributed by atoms with Crippen LogP contribution in [0.4, 0.5) is 5.69 Å². The normalized spacial score (nSPS) is 10.9. The highest BCUT2D eigenvalue weighted by atomic mass is 16.4. The smallest absolute Gasteiger partial charge is 0.352 e. The molecular weight excluding hydrogens is 336 g/mol. The van der Waals surface area contributed by atoms with E-state index in [2.05, 4.69) is 35.6 Å². The first kappa shape index (κ1) is 21.1. The highest BCUT2D eigenvalue weighted by molar-refractivity contribution is 5.87. The van der Waals surface area contributed by atoms with E-state index in [1.54, 1.807) is 17.7 Å². The lowest BCUT2D eigenvalue weighted by Gasteiger charge is -2.05. The SMILES string of the molecule is Cn1cc(NCCCCCCCCCCCc2ccccc2)cc1C(=O)O. The molecule has 2 aromatic rings. The van der Waals surface area contributed by atoms with Crippen molar-refractivity contribution in [3.63, 3.8) is 0 Å². The van der Waals surface area contributed by atoms with E-state index in [4.69, 9.17) is 5.11 Å². The van der Waals surface area contributed by atoms with Crippen LogP contribution in [0, 0.1) is 0 Å². The van der Waals surface area contributed by atoms with Crippen LogP contribution in [0.15, 0.2) is 42.6 Å². The van der Waals surface area contributed by atoms with Crippen LogP contribution in [0.1, 0.15) is 73.8 Å². The molecule has 1 aromatic carbocycles. The van der Waals surface area contributed by atoms with E-state index < -0.39 is 5.97 Å². The monoisotopic (exact) mass is 370 g/mol. The lowest BCUT2D eigenvalue weighted by atomic mass is 10.0. The molecule has 0 unspecified atom stereocenters. The van der Waals surface area contributed by atoms with Crippen molar-refractivity contribution in [1.82, 2.24) is 4.57 Å². The van der Waals surface area contributed by atoms with E-state index in [0.29, 0.717) is 5.69 Å². The van der Waals surface area contributed by atoms with Gasteiger partial charge in [-0.05, 0) is 30.9 Å². The van der Waals surface area contributed by atoms with Crippen molar-refractivity contribution in [1.29, 1.82) is 0 Å². The Balaban J connectivity index is 1.38. The maximum Gasteiger partial charge on any atom is 0.352 e. The summed E-state index contributed by atoms with van der Waals surface area (Å²) in [5.41, 5.74) is 2.67. The standard InChI is InChI=1S/C23H34N2O2/c1-25-19-21(18-22(25)23(26)27)24-17-13-8-6-4-2-3-5-7-10-14-20-15-11-9-12-16-20/h9,11-12,15-16,18-19,24H,2-8,10,13-14,17H2,1H3,(H,26,27). The number of aromatic nitrogens is 1. The number of hydrogen-bond acceptors (Lipinski definition) is 2. The van der Waals surface area contributed by atoms with Crippen molar-refractivity contribution < 1.29 is 9.90 Å². The quantitative estimate of drug-likeness (QED) is 0.408. The minimum atomic E-state index is -0.884. The van der Waals surface area contributed by atoms with Gasteiger partial charge in [-0.1, -0.05) is 75.3 Å². The number of unbranched alkanes of at least 4 members (excludes halogenated alkanes) is 8. The van der Waals surface area contributed by atoms with E-state index in [-0.39, 0.29) is 0 Å². The predicted molar refractivity (Wildman–Crippen MR) is 113 cm³/mol. The molecule has 0 bridgehead atoms. The maximum atomic E-state index is 11.0. The van der Waals surface area contributed by atoms with Crippen molar-refractivity contribution in [3.8, 4) is 0 Å². The van der Waals surface area contributed by atoms with Crippen LogP contribution in [0.2, 0.25) is 0 Å². The number of rotatable bonds is 14. The molecule has 0 fully saturated rings. The predicted octanol–water partition coefficient (Wildman–Crippen LogP) is 5.89. The first-order valence-electron chi connectivity index (χ1n) is 10.3. The summed E-state index contributed by atoms with van der Waals surface area (Å²) in [5, 5.41) is 12.4. The van der Waals surface area contributed by atoms with E-state index in [1.807, 2.05) is 6.20 Å².